The van der Waals surface area contributed by atoms with Gasteiger partial charge < -0.3 is 28.5 Å². The van der Waals surface area contributed by atoms with Gasteiger partial charge in [-0.3, -0.25) is 9.59 Å². The molecule has 0 heterocycles. The summed E-state index contributed by atoms with van der Waals surface area (Å²) in [5.74, 6) is -2.04. The summed E-state index contributed by atoms with van der Waals surface area (Å²) in [6.45, 7) is 4.74. The zero-order valence-electron chi connectivity index (χ0n) is 47.5. The molecule has 73 heavy (non-hydrogen) atoms. The third-order valence-corrected chi connectivity index (χ3v) is 12.4. The van der Waals surface area contributed by atoms with E-state index in [1.54, 1.807) is 0 Å². The number of ether oxygens (including phenoxy) is 4. The Bertz CT molecular complexity index is 1520. The van der Waals surface area contributed by atoms with Gasteiger partial charge in [0.15, 0.2) is 6.10 Å². The lowest BCUT2D eigenvalue weighted by molar-refractivity contribution is -0.870. The van der Waals surface area contributed by atoms with Crippen LogP contribution in [0.4, 0.5) is 0 Å². The first kappa shape index (κ1) is 69.2. The fraction of sp³-hybridized carbons (Fsp3) is 0.703. The zero-order chi connectivity index (χ0) is 53.4. The highest BCUT2D eigenvalue weighted by Crippen LogP contribution is 2.16. The fourth-order valence-corrected chi connectivity index (χ4v) is 7.85. The van der Waals surface area contributed by atoms with E-state index in [1.807, 2.05) is 21.1 Å². The van der Waals surface area contributed by atoms with Crippen molar-refractivity contribution in [2.45, 2.75) is 245 Å². The second kappa shape index (κ2) is 54.5. The van der Waals surface area contributed by atoms with Crippen LogP contribution in [0.15, 0.2) is 97.2 Å². The highest BCUT2D eigenvalue weighted by atomic mass is 16.7. The van der Waals surface area contributed by atoms with Crippen molar-refractivity contribution < 1.29 is 42.9 Å². The minimum Gasteiger partial charge on any atom is -0.477 e. The van der Waals surface area contributed by atoms with Gasteiger partial charge in [0.2, 0.25) is 0 Å². The van der Waals surface area contributed by atoms with Gasteiger partial charge in [0.25, 0.3) is 6.29 Å². The molecule has 0 saturated carbocycles. The summed E-state index contributed by atoms with van der Waals surface area (Å²) in [6, 6.07) is 0. The molecular weight excluding hydrogens is 911 g/mol. The Balaban J connectivity index is 4.33. The number of hydrogen-bond donors (Lipinski definition) is 1. The lowest BCUT2D eigenvalue weighted by Gasteiger charge is -2.25. The molecule has 0 aromatic rings. The summed E-state index contributed by atoms with van der Waals surface area (Å²) in [5.41, 5.74) is 0. The van der Waals surface area contributed by atoms with Gasteiger partial charge in [0, 0.05) is 12.8 Å². The lowest BCUT2D eigenvalue weighted by Crippen LogP contribution is -2.40. The van der Waals surface area contributed by atoms with Crippen LogP contribution < -0.4 is 0 Å². The van der Waals surface area contributed by atoms with Gasteiger partial charge in [-0.15, -0.1) is 0 Å². The third-order valence-electron chi connectivity index (χ3n) is 12.4. The van der Waals surface area contributed by atoms with Crippen molar-refractivity contribution in [3.8, 4) is 0 Å². The molecular formula is C64H110NO8+. The first-order valence-corrected chi connectivity index (χ1v) is 29.4. The molecule has 9 heteroatoms. The summed E-state index contributed by atoms with van der Waals surface area (Å²) >= 11 is 0. The number of allylic oxidation sites excluding steroid dienone is 16. The Morgan fingerprint density at radius 2 is 0.781 bits per heavy atom. The smallest absolute Gasteiger partial charge is 0.361 e. The number of carbonyl (C=O) groups excluding carboxylic acids is 2. The van der Waals surface area contributed by atoms with Crippen molar-refractivity contribution in [3.05, 3.63) is 97.2 Å². The van der Waals surface area contributed by atoms with Crippen molar-refractivity contribution in [1.29, 1.82) is 0 Å². The number of hydrogen-bond acceptors (Lipinski definition) is 7. The Morgan fingerprint density at radius 3 is 1.16 bits per heavy atom. The highest BCUT2D eigenvalue weighted by molar-refractivity contribution is 5.71. The fourth-order valence-electron chi connectivity index (χ4n) is 7.85. The van der Waals surface area contributed by atoms with Gasteiger partial charge >= 0.3 is 17.9 Å². The number of esters is 2. The Hall–Kier alpha value is -3.79. The molecule has 0 aromatic heterocycles. The minimum atomic E-state index is -1.52. The normalized spacial score (nSPS) is 13.5. The van der Waals surface area contributed by atoms with Crippen LogP contribution in [0.3, 0.4) is 0 Å². The Kier molecular flexibility index (Phi) is 51.6. The lowest BCUT2D eigenvalue weighted by atomic mass is 10.0. The van der Waals surface area contributed by atoms with Gasteiger partial charge in [-0.1, -0.05) is 239 Å². The van der Waals surface area contributed by atoms with E-state index in [0.29, 0.717) is 23.9 Å². The summed E-state index contributed by atoms with van der Waals surface area (Å²) < 4.78 is 22.9. The van der Waals surface area contributed by atoms with E-state index in [4.69, 9.17) is 18.9 Å². The van der Waals surface area contributed by atoms with E-state index < -0.39 is 24.3 Å². The maximum atomic E-state index is 12.9. The molecule has 0 fully saturated rings. The number of quaternary nitrogens is 1. The van der Waals surface area contributed by atoms with E-state index >= 15 is 0 Å². The number of aliphatic carboxylic acids is 1. The predicted molar refractivity (Wildman–Crippen MR) is 309 cm³/mol. The molecule has 0 radical (unpaired) electrons. The first-order chi connectivity index (χ1) is 35.6. The average Bonchev–Trinajstić information content (AvgIpc) is 3.36. The molecule has 0 aliphatic heterocycles. The molecule has 0 amide bonds. The van der Waals surface area contributed by atoms with Crippen LogP contribution in [0.5, 0.6) is 0 Å². The van der Waals surface area contributed by atoms with Crippen molar-refractivity contribution >= 4 is 17.9 Å². The minimum absolute atomic E-state index is 0.178. The van der Waals surface area contributed by atoms with Crippen molar-refractivity contribution in [1.82, 2.24) is 0 Å². The van der Waals surface area contributed by atoms with Crippen LogP contribution in [0.1, 0.15) is 232 Å². The largest absolute Gasteiger partial charge is 0.477 e. The van der Waals surface area contributed by atoms with Crippen LogP contribution in [0, 0.1) is 0 Å². The predicted octanol–water partition coefficient (Wildman–Crippen LogP) is 17.3. The van der Waals surface area contributed by atoms with Gasteiger partial charge in [0.05, 0.1) is 34.4 Å². The van der Waals surface area contributed by atoms with E-state index in [1.165, 1.54) is 103 Å². The zero-order valence-corrected chi connectivity index (χ0v) is 47.5. The van der Waals surface area contributed by atoms with E-state index in [2.05, 4.69) is 111 Å². The van der Waals surface area contributed by atoms with Crippen LogP contribution >= 0.6 is 0 Å². The summed E-state index contributed by atoms with van der Waals surface area (Å²) in [4.78, 5) is 37.4. The van der Waals surface area contributed by atoms with Gasteiger partial charge in [-0.05, 0) is 77.0 Å². The van der Waals surface area contributed by atoms with Crippen LogP contribution in [-0.2, 0) is 33.3 Å². The average molecular weight is 1020 g/mol. The third kappa shape index (κ3) is 55.8. The first-order valence-electron chi connectivity index (χ1n) is 29.4. The second-order valence-corrected chi connectivity index (χ2v) is 20.6. The summed E-state index contributed by atoms with van der Waals surface area (Å²) in [5, 5.41) is 9.70. The van der Waals surface area contributed by atoms with E-state index in [-0.39, 0.29) is 32.2 Å². The molecule has 2 atom stereocenters. The van der Waals surface area contributed by atoms with Gasteiger partial charge in [-0.25, -0.2) is 4.79 Å². The molecule has 418 valence electrons. The van der Waals surface area contributed by atoms with Crippen LogP contribution in [0.25, 0.3) is 0 Å². The van der Waals surface area contributed by atoms with Crippen molar-refractivity contribution in [2.75, 3.05) is 47.5 Å². The Morgan fingerprint density at radius 1 is 0.425 bits per heavy atom. The van der Waals surface area contributed by atoms with Crippen molar-refractivity contribution in [3.63, 3.8) is 0 Å². The molecule has 0 bridgehead atoms. The number of nitrogens with zero attached hydrogens (tertiary/aromatic N) is 1. The maximum absolute atomic E-state index is 12.9. The summed E-state index contributed by atoms with van der Waals surface area (Å²) in [7, 11) is 5.95. The molecule has 0 rings (SSSR count). The van der Waals surface area contributed by atoms with Gasteiger partial charge in [0.1, 0.15) is 13.2 Å². The molecule has 0 spiro atoms. The number of carboxylic acid groups (broad SMARTS) is 1. The molecule has 1 N–H and O–H groups in total. The van der Waals surface area contributed by atoms with E-state index in [9.17, 15) is 19.5 Å². The number of unbranched alkanes of at least 4 members (excludes halogenated alkanes) is 22. The number of rotatable bonds is 53. The van der Waals surface area contributed by atoms with Crippen molar-refractivity contribution in [2.24, 2.45) is 0 Å². The molecule has 0 aliphatic rings. The van der Waals surface area contributed by atoms with Gasteiger partial charge in [-0.2, -0.15) is 0 Å². The Labute approximate surface area is 448 Å². The van der Waals surface area contributed by atoms with E-state index in [0.717, 1.165) is 96.3 Å². The summed E-state index contributed by atoms with van der Waals surface area (Å²) in [6.07, 6.45) is 70.5. The molecule has 0 saturated heterocycles. The molecule has 9 nitrogen and oxygen atoms in total. The number of carboxylic acids is 1. The molecule has 0 aliphatic carbocycles. The van der Waals surface area contributed by atoms with Crippen LogP contribution in [0.2, 0.25) is 0 Å². The SMILES string of the molecule is CC/C=C\C/C=C\C/C=C\C/C=C\C/C=C\C/C=C\C/C=C\C/C=C\CCCCCCC(=O)OC(COC(=O)CCCCCCCCCCCCCCCCCCCCC)COC(OCC[N+](C)(C)C)C(=O)O. The topological polar surface area (TPSA) is 108 Å². The standard InChI is InChI=1S/C64H109NO8/c1-6-8-10-12-14-16-18-20-22-24-26-27-28-29-30-31-32-33-34-35-37-39-41-43-45-47-49-51-53-55-62(67)73-60(59-72-64(63(68)69)70-57-56-65(3,4)5)58-71-61(66)54-52-50-48-46-44-42-40-38-36-25-23-21-19-17-15-13-11-9-7-2/h8,10,14,16,20,22,26-27,29-30,32-33,35,37,41,43,60,64H,6-7,9,11-13,15,17-19,21,23-25,28,31,34,36,38-40,42,44-59H2,1-5H3/p+1/b10-8-,16-14-,22-20-,27-26-,30-29-,33-32-,37-35-,43-41-. The highest BCUT2D eigenvalue weighted by Gasteiger charge is 2.25. The monoisotopic (exact) mass is 1020 g/mol. The van der Waals surface area contributed by atoms with Crippen LogP contribution in [-0.4, -0.2) is 87.4 Å². The number of likely N-dealkylation sites (N-methyl/N-ethyl adjacent to an activating group) is 1. The number of carbonyl (C=O) groups is 3. The quantitative estimate of drug-likeness (QED) is 0.0211. The molecule has 0 aromatic carbocycles. The maximum Gasteiger partial charge on any atom is 0.361 e. The second-order valence-electron chi connectivity index (χ2n) is 20.6. The molecule has 2 unspecified atom stereocenters.